The third-order valence-electron chi connectivity index (χ3n) is 10.7. The zero-order valence-corrected chi connectivity index (χ0v) is 34.3. The summed E-state index contributed by atoms with van der Waals surface area (Å²) in [5, 5.41) is 45.6. The molecule has 0 aromatic heterocycles. The molecular formula is C48H61NO4. The summed E-state index contributed by atoms with van der Waals surface area (Å²) in [6.07, 6.45) is 2.52. The highest BCUT2D eigenvalue weighted by atomic mass is 16.5. The lowest BCUT2D eigenvalue weighted by atomic mass is 9.79. The Bertz CT molecular complexity index is 1930. The van der Waals surface area contributed by atoms with E-state index in [2.05, 4.69) is 138 Å². The van der Waals surface area contributed by atoms with Crippen LogP contribution >= 0.6 is 0 Å². The molecule has 0 aliphatic heterocycles. The minimum atomic E-state index is -0.198. The fourth-order valence-electron chi connectivity index (χ4n) is 7.17. The van der Waals surface area contributed by atoms with Crippen molar-refractivity contribution in [2.75, 3.05) is 6.61 Å². The molecular weight excluding hydrogens is 655 g/mol. The molecule has 1 aliphatic carbocycles. The van der Waals surface area contributed by atoms with Gasteiger partial charge < -0.3 is 20.1 Å². The maximum Gasteiger partial charge on any atom is 0.126 e. The van der Waals surface area contributed by atoms with E-state index >= 15 is 0 Å². The van der Waals surface area contributed by atoms with Gasteiger partial charge in [0.05, 0.1) is 12.7 Å². The Hall–Kier alpha value is -4.43. The van der Waals surface area contributed by atoms with E-state index in [1.165, 1.54) is 0 Å². The van der Waals surface area contributed by atoms with Gasteiger partial charge in [-0.05, 0) is 94.8 Å². The minimum absolute atomic E-state index is 0.185. The van der Waals surface area contributed by atoms with Gasteiger partial charge in [-0.25, -0.2) is 0 Å². The SMILES string of the molecule is CC(C)(C)c1cc2c(O)c(c1)Cc1cc(C(C)(C)C)cc(c1O)Cc1cc(C(C)(C)C)cc(c1OCCCC#N)Cc1cc(C(C)(C)C)cc(c1O)C2. The summed E-state index contributed by atoms with van der Waals surface area (Å²) >= 11 is 0. The molecule has 5 heteroatoms. The predicted octanol–water partition coefficient (Wildman–Crippen LogP) is 11.4. The number of rotatable bonds is 4. The van der Waals surface area contributed by atoms with Gasteiger partial charge in [-0.15, -0.1) is 0 Å². The maximum atomic E-state index is 12.2. The van der Waals surface area contributed by atoms with Gasteiger partial charge in [0.1, 0.15) is 23.0 Å². The normalized spacial score (nSPS) is 13.8. The molecule has 4 aromatic rings. The highest BCUT2D eigenvalue weighted by Gasteiger charge is 2.28. The smallest absolute Gasteiger partial charge is 0.126 e. The fourth-order valence-corrected chi connectivity index (χ4v) is 7.17. The Labute approximate surface area is 318 Å². The molecule has 53 heavy (non-hydrogen) atoms. The number of fused-ring (bicyclic) bond motifs is 8. The first-order valence-electron chi connectivity index (χ1n) is 19.2. The summed E-state index contributed by atoms with van der Waals surface area (Å²) < 4.78 is 6.65. The van der Waals surface area contributed by atoms with Crippen molar-refractivity contribution in [3.8, 4) is 29.1 Å². The van der Waals surface area contributed by atoms with Crippen molar-refractivity contribution in [3.05, 3.63) is 115 Å². The van der Waals surface area contributed by atoms with Crippen molar-refractivity contribution in [2.45, 2.75) is 143 Å². The van der Waals surface area contributed by atoms with E-state index in [-0.39, 0.29) is 38.9 Å². The summed E-state index contributed by atoms with van der Waals surface area (Å²) in [5.41, 5.74) is 10.2. The Morgan fingerprint density at radius 3 is 0.962 bits per heavy atom. The van der Waals surface area contributed by atoms with Crippen molar-refractivity contribution in [1.82, 2.24) is 0 Å². The molecule has 5 nitrogen and oxygen atoms in total. The van der Waals surface area contributed by atoms with Gasteiger partial charge in [0.15, 0.2) is 0 Å². The molecule has 0 heterocycles. The first kappa shape index (κ1) is 39.8. The maximum absolute atomic E-state index is 12.2. The highest BCUT2D eigenvalue weighted by Crippen LogP contribution is 2.43. The molecule has 3 N–H and O–H groups in total. The molecule has 0 amide bonds. The van der Waals surface area contributed by atoms with E-state index in [9.17, 15) is 20.6 Å². The number of nitriles is 1. The number of aromatic hydroxyl groups is 3. The molecule has 5 rings (SSSR count). The number of phenolic OH excluding ortho intramolecular Hbond substituents is 3. The largest absolute Gasteiger partial charge is 0.507 e. The second-order valence-electron chi connectivity index (χ2n) is 19.4. The molecule has 0 radical (unpaired) electrons. The molecule has 8 bridgehead atoms. The number of hydrogen-bond acceptors (Lipinski definition) is 5. The zero-order valence-electron chi connectivity index (χ0n) is 34.3. The molecule has 1 aliphatic rings. The van der Waals surface area contributed by atoms with E-state index in [0.717, 1.165) is 72.5 Å². The lowest BCUT2D eigenvalue weighted by Crippen LogP contribution is -2.16. The minimum Gasteiger partial charge on any atom is -0.507 e. The number of phenols is 3. The third-order valence-corrected chi connectivity index (χ3v) is 10.7. The Morgan fingerprint density at radius 2 is 0.717 bits per heavy atom. The number of nitrogens with zero attached hydrogens (tertiary/aromatic N) is 1. The summed E-state index contributed by atoms with van der Waals surface area (Å²) in [6.45, 7) is 26.6. The summed E-state index contributed by atoms with van der Waals surface area (Å²) in [7, 11) is 0. The summed E-state index contributed by atoms with van der Waals surface area (Å²) in [4.78, 5) is 0. The zero-order chi connectivity index (χ0) is 39.3. The van der Waals surface area contributed by atoms with Crippen molar-refractivity contribution in [3.63, 3.8) is 0 Å². The van der Waals surface area contributed by atoms with Crippen LogP contribution in [0.2, 0.25) is 0 Å². The van der Waals surface area contributed by atoms with Crippen LogP contribution in [-0.4, -0.2) is 21.9 Å². The average molecular weight is 716 g/mol. The van der Waals surface area contributed by atoms with Crippen LogP contribution < -0.4 is 4.74 Å². The van der Waals surface area contributed by atoms with Crippen LogP contribution in [0.5, 0.6) is 23.0 Å². The van der Waals surface area contributed by atoms with E-state index in [4.69, 9.17) is 4.74 Å². The lowest BCUT2D eigenvalue weighted by molar-refractivity contribution is 0.306. The van der Waals surface area contributed by atoms with Crippen LogP contribution in [0.1, 0.15) is 163 Å². The van der Waals surface area contributed by atoms with E-state index in [1.54, 1.807) is 0 Å². The third kappa shape index (κ3) is 8.86. The molecule has 0 spiro atoms. The lowest BCUT2D eigenvalue weighted by Gasteiger charge is -2.27. The molecule has 0 unspecified atom stereocenters. The van der Waals surface area contributed by atoms with Gasteiger partial charge in [0.25, 0.3) is 0 Å². The number of benzene rings is 4. The molecule has 0 saturated heterocycles. The number of ether oxygens (including phenoxy) is 1. The van der Waals surface area contributed by atoms with E-state index in [1.807, 2.05) is 0 Å². The van der Waals surface area contributed by atoms with Gasteiger partial charge in [0.2, 0.25) is 0 Å². The predicted molar refractivity (Wildman–Crippen MR) is 217 cm³/mol. The van der Waals surface area contributed by atoms with Gasteiger partial charge >= 0.3 is 0 Å². The van der Waals surface area contributed by atoms with Crippen molar-refractivity contribution in [2.24, 2.45) is 0 Å². The topological polar surface area (TPSA) is 93.7 Å². The van der Waals surface area contributed by atoms with Gasteiger partial charge in [0, 0.05) is 32.1 Å². The van der Waals surface area contributed by atoms with Crippen LogP contribution in [0.25, 0.3) is 0 Å². The second kappa shape index (κ2) is 14.4. The Balaban J connectivity index is 1.90. The fraction of sp³-hybridized carbons (Fsp3) is 0.479. The quantitative estimate of drug-likeness (QED) is 0.161. The molecule has 0 saturated carbocycles. The molecule has 282 valence electrons. The number of hydrogen-bond donors (Lipinski definition) is 3. The Kier molecular flexibility index (Phi) is 10.8. The van der Waals surface area contributed by atoms with Crippen molar-refractivity contribution in [1.29, 1.82) is 5.26 Å². The molecule has 4 aromatic carbocycles. The van der Waals surface area contributed by atoms with Crippen molar-refractivity contribution < 1.29 is 20.1 Å². The molecule has 0 atom stereocenters. The first-order valence-corrected chi connectivity index (χ1v) is 19.2. The van der Waals surface area contributed by atoms with Crippen molar-refractivity contribution >= 4 is 0 Å². The first-order chi connectivity index (χ1) is 24.5. The van der Waals surface area contributed by atoms with Crippen LogP contribution in [-0.2, 0) is 47.3 Å². The second-order valence-corrected chi connectivity index (χ2v) is 19.4. The van der Waals surface area contributed by atoms with Crippen LogP contribution in [0.4, 0.5) is 0 Å². The van der Waals surface area contributed by atoms with E-state index in [0.29, 0.717) is 45.1 Å². The highest BCUT2D eigenvalue weighted by molar-refractivity contribution is 5.59. The van der Waals surface area contributed by atoms with Gasteiger partial charge in [-0.3, -0.25) is 0 Å². The Morgan fingerprint density at radius 1 is 0.472 bits per heavy atom. The van der Waals surface area contributed by atoms with Crippen LogP contribution in [0, 0.1) is 11.3 Å². The van der Waals surface area contributed by atoms with Gasteiger partial charge in [-0.1, -0.05) is 132 Å². The van der Waals surface area contributed by atoms with Gasteiger partial charge in [-0.2, -0.15) is 5.26 Å². The van der Waals surface area contributed by atoms with Crippen LogP contribution in [0.3, 0.4) is 0 Å². The summed E-state index contributed by atoms with van der Waals surface area (Å²) in [5.74, 6) is 1.39. The monoisotopic (exact) mass is 715 g/mol. The number of unbranched alkanes of at least 4 members (excludes halogenated alkanes) is 1. The van der Waals surface area contributed by atoms with E-state index < -0.39 is 0 Å². The van der Waals surface area contributed by atoms with Crippen LogP contribution in [0.15, 0.2) is 48.5 Å². The standard InChI is InChI=1S/C48H61NO4/c1-45(2,3)37-21-29-17-31-23-38(46(4,5)6)25-33(42(31)51)19-35-27-40(48(10,11)12)28-36(44(35)53-16-14-13-15-49)20-34-26-39(47(7,8)9)24-32(43(34)52)18-30(22-37)41(29)50/h21-28,50-52H,13-14,16-20H2,1-12H3. The summed E-state index contributed by atoms with van der Waals surface area (Å²) in [6, 6.07) is 19.2. The molecule has 0 fully saturated rings. The average Bonchev–Trinajstić information content (AvgIpc) is 3.02.